The van der Waals surface area contributed by atoms with Gasteiger partial charge in [-0.1, -0.05) is 0 Å². The van der Waals surface area contributed by atoms with Crippen LogP contribution in [0.3, 0.4) is 0 Å². The molecule has 0 aliphatic carbocycles. The summed E-state index contributed by atoms with van der Waals surface area (Å²) in [5.74, 6) is -2.13. The zero-order valence-electron chi connectivity index (χ0n) is 10.3. The van der Waals surface area contributed by atoms with Gasteiger partial charge in [-0.3, -0.25) is 14.5 Å². The Labute approximate surface area is 108 Å². The van der Waals surface area contributed by atoms with Gasteiger partial charge in [0, 0.05) is 13.1 Å². The predicted octanol–water partition coefficient (Wildman–Crippen LogP) is -1.86. The van der Waals surface area contributed by atoms with Gasteiger partial charge in [0.1, 0.15) is 12.6 Å². The van der Waals surface area contributed by atoms with Crippen LogP contribution in [-0.4, -0.2) is 66.7 Å². The highest BCUT2D eigenvalue weighted by Crippen LogP contribution is 2.04. The van der Waals surface area contributed by atoms with Crippen molar-refractivity contribution in [1.82, 2.24) is 15.5 Å². The SMILES string of the molecule is COC(=O)CCNC(=O)N1CC(=O)NCC1C(=O)O. The third-order valence-electron chi connectivity index (χ3n) is 2.56. The van der Waals surface area contributed by atoms with Crippen molar-refractivity contribution in [3.63, 3.8) is 0 Å². The van der Waals surface area contributed by atoms with Gasteiger partial charge in [-0.2, -0.15) is 0 Å². The molecule has 1 aliphatic heterocycles. The zero-order valence-corrected chi connectivity index (χ0v) is 10.3. The maximum atomic E-state index is 11.7. The van der Waals surface area contributed by atoms with Crippen LogP contribution in [0, 0.1) is 0 Å². The molecule has 1 atom stereocenters. The Morgan fingerprint density at radius 3 is 2.79 bits per heavy atom. The molecule has 9 heteroatoms. The first kappa shape index (κ1) is 14.7. The minimum absolute atomic E-state index is 0.00989. The molecule has 106 valence electrons. The normalized spacial score (nSPS) is 18.5. The average Bonchev–Trinajstić information content (AvgIpc) is 2.37. The van der Waals surface area contributed by atoms with Gasteiger partial charge in [0.25, 0.3) is 0 Å². The Bertz CT molecular complexity index is 397. The molecule has 1 saturated heterocycles. The number of hydrogen-bond acceptors (Lipinski definition) is 5. The average molecular weight is 273 g/mol. The number of ether oxygens (including phenoxy) is 1. The molecule has 3 N–H and O–H groups in total. The Morgan fingerprint density at radius 2 is 2.21 bits per heavy atom. The van der Waals surface area contributed by atoms with E-state index in [4.69, 9.17) is 5.11 Å². The summed E-state index contributed by atoms with van der Waals surface area (Å²) in [4.78, 5) is 45.6. The molecule has 0 aromatic rings. The van der Waals surface area contributed by atoms with E-state index < -0.39 is 29.9 Å². The largest absolute Gasteiger partial charge is 0.480 e. The highest BCUT2D eigenvalue weighted by Gasteiger charge is 2.35. The molecular weight excluding hydrogens is 258 g/mol. The zero-order chi connectivity index (χ0) is 14.4. The molecule has 9 nitrogen and oxygen atoms in total. The molecule has 1 rings (SSSR count). The fraction of sp³-hybridized carbons (Fsp3) is 0.600. The summed E-state index contributed by atoms with van der Waals surface area (Å²) in [5, 5.41) is 13.7. The van der Waals surface area contributed by atoms with Crippen molar-refractivity contribution in [2.24, 2.45) is 0 Å². The van der Waals surface area contributed by atoms with Crippen LogP contribution in [0.15, 0.2) is 0 Å². The van der Waals surface area contributed by atoms with Gasteiger partial charge in [-0.05, 0) is 0 Å². The van der Waals surface area contributed by atoms with Crippen LogP contribution in [-0.2, 0) is 19.1 Å². The summed E-state index contributed by atoms with van der Waals surface area (Å²) in [6.07, 6.45) is -0.0278. The van der Waals surface area contributed by atoms with Crippen molar-refractivity contribution in [3.8, 4) is 0 Å². The van der Waals surface area contributed by atoms with Gasteiger partial charge < -0.3 is 20.5 Å². The number of nitrogens with zero attached hydrogens (tertiary/aromatic N) is 1. The lowest BCUT2D eigenvalue weighted by molar-refractivity contribution is -0.144. The first-order chi connectivity index (χ1) is 8.95. The number of methoxy groups -OCH3 is 1. The van der Waals surface area contributed by atoms with Crippen LogP contribution < -0.4 is 10.6 Å². The minimum Gasteiger partial charge on any atom is -0.480 e. The highest BCUT2D eigenvalue weighted by molar-refractivity contribution is 5.90. The van der Waals surface area contributed by atoms with Crippen molar-refractivity contribution >= 4 is 23.9 Å². The van der Waals surface area contributed by atoms with Crippen LogP contribution in [0.5, 0.6) is 0 Å². The van der Waals surface area contributed by atoms with Crippen molar-refractivity contribution in [2.45, 2.75) is 12.5 Å². The monoisotopic (exact) mass is 273 g/mol. The van der Waals surface area contributed by atoms with Crippen LogP contribution >= 0.6 is 0 Å². The first-order valence-electron chi connectivity index (χ1n) is 5.56. The van der Waals surface area contributed by atoms with E-state index in [-0.39, 0.29) is 26.1 Å². The van der Waals surface area contributed by atoms with Gasteiger partial charge in [0.05, 0.1) is 13.5 Å². The minimum atomic E-state index is -1.21. The van der Waals surface area contributed by atoms with E-state index in [1.54, 1.807) is 0 Å². The van der Waals surface area contributed by atoms with Gasteiger partial charge >= 0.3 is 18.0 Å². The maximum absolute atomic E-state index is 11.7. The molecule has 0 aromatic heterocycles. The van der Waals surface area contributed by atoms with E-state index in [1.165, 1.54) is 7.11 Å². The molecule has 1 unspecified atom stereocenters. The number of amides is 3. The Balaban J connectivity index is 2.54. The van der Waals surface area contributed by atoms with Crippen LogP contribution in [0.4, 0.5) is 4.79 Å². The number of esters is 1. The van der Waals surface area contributed by atoms with Crippen LogP contribution in [0.1, 0.15) is 6.42 Å². The number of piperazine rings is 1. The summed E-state index contributed by atoms with van der Waals surface area (Å²) in [5.41, 5.74) is 0. The summed E-state index contributed by atoms with van der Waals surface area (Å²) in [6.45, 7) is -0.463. The number of carboxylic acids is 1. The summed E-state index contributed by atoms with van der Waals surface area (Å²) >= 11 is 0. The Hall–Kier alpha value is -2.32. The summed E-state index contributed by atoms with van der Waals surface area (Å²) in [7, 11) is 1.22. The molecule has 0 radical (unpaired) electrons. The number of carbonyl (C=O) groups excluding carboxylic acids is 3. The molecule has 0 spiro atoms. The van der Waals surface area contributed by atoms with Crippen LogP contribution in [0.25, 0.3) is 0 Å². The second kappa shape index (κ2) is 6.57. The van der Waals surface area contributed by atoms with Gasteiger partial charge in [-0.15, -0.1) is 0 Å². The fourth-order valence-corrected chi connectivity index (χ4v) is 1.55. The van der Waals surface area contributed by atoms with E-state index in [0.29, 0.717) is 0 Å². The second-order valence-electron chi connectivity index (χ2n) is 3.84. The predicted molar refractivity (Wildman–Crippen MR) is 61.2 cm³/mol. The van der Waals surface area contributed by atoms with Crippen molar-refractivity contribution < 1.29 is 29.0 Å². The molecule has 1 aliphatic rings. The third-order valence-corrected chi connectivity index (χ3v) is 2.56. The number of urea groups is 1. The lowest BCUT2D eigenvalue weighted by Crippen LogP contribution is -2.61. The van der Waals surface area contributed by atoms with E-state index in [1.807, 2.05) is 0 Å². The number of carbonyl (C=O) groups is 4. The molecule has 0 bridgehead atoms. The molecule has 3 amide bonds. The van der Waals surface area contributed by atoms with Gasteiger partial charge in [0.2, 0.25) is 5.91 Å². The quantitative estimate of drug-likeness (QED) is 0.516. The molecule has 0 saturated carbocycles. The van der Waals surface area contributed by atoms with E-state index in [9.17, 15) is 19.2 Å². The number of carboxylic acid groups (broad SMARTS) is 1. The fourth-order valence-electron chi connectivity index (χ4n) is 1.55. The second-order valence-corrected chi connectivity index (χ2v) is 3.84. The number of aliphatic carboxylic acids is 1. The van der Waals surface area contributed by atoms with Gasteiger partial charge in [0.15, 0.2) is 0 Å². The van der Waals surface area contributed by atoms with Gasteiger partial charge in [-0.25, -0.2) is 9.59 Å². The Morgan fingerprint density at radius 1 is 1.53 bits per heavy atom. The molecule has 1 heterocycles. The topological polar surface area (TPSA) is 125 Å². The number of hydrogen-bond donors (Lipinski definition) is 3. The summed E-state index contributed by atoms with van der Waals surface area (Å²) < 4.78 is 4.39. The molecular formula is C10H15N3O6. The first-order valence-corrected chi connectivity index (χ1v) is 5.56. The third kappa shape index (κ3) is 4.12. The standard InChI is InChI=1S/C10H15N3O6/c1-19-8(15)2-3-11-10(18)13-5-7(14)12-4-6(13)9(16)17/h6H,2-5H2,1H3,(H,11,18)(H,12,14)(H,16,17). The number of nitrogens with one attached hydrogen (secondary N) is 2. The molecule has 19 heavy (non-hydrogen) atoms. The van der Waals surface area contributed by atoms with Crippen molar-refractivity contribution in [3.05, 3.63) is 0 Å². The summed E-state index contributed by atoms with van der Waals surface area (Å²) in [6, 6.07) is -1.82. The Kier molecular flexibility index (Phi) is 5.10. The molecule has 1 fully saturated rings. The smallest absolute Gasteiger partial charge is 0.328 e. The van der Waals surface area contributed by atoms with Crippen molar-refractivity contribution in [1.29, 1.82) is 0 Å². The molecule has 0 aromatic carbocycles. The van der Waals surface area contributed by atoms with E-state index in [2.05, 4.69) is 15.4 Å². The van der Waals surface area contributed by atoms with Crippen LogP contribution in [0.2, 0.25) is 0 Å². The lowest BCUT2D eigenvalue weighted by Gasteiger charge is -2.32. The van der Waals surface area contributed by atoms with Crippen molar-refractivity contribution in [2.75, 3.05) is 26.7 Å². The van der Waals surface area contributed by atoms with E-state index in [0.717, 1.165) is 4.90 Å². The lowest BCUT2D eigenvalue weighted by atomic mass is 10.2. The highest BCUT2D eigenvalue weighted by atomic mass is 16.5. The van der Waals surface area contributed by atoms with E-state index >= 15 is 0 Å². The maximum Gasteiger partial charge on any atom is 0.328 e. The number of rotatable bonds is 4.